The second-order valence-corrected chi connectivity index (χ2v) is 6.00. The molecule has 2 heterocycles. The van der Waals surface area contributed by atoms with E-state index in [4.69, 9.17) is 9.47 Å². The summed E-state index contributed by atoms with van der Waals surface area (Å²) in [6, 6.07) is 15.0. The molecule has 0 fully saturated rings. The molecule has 0 bridgehead atoms. The van der Waals surface area contributed by atoms with E-state index in [1.807, 2.05) is 36.4 Å². The van der Waals surface area contributed by atoms with Crippen LogP contribution in [0, 0.1) is 0 Å². The molecular weight excluding hydrogens is 318 g/mol. The summed E-state index contributed by atoms with van der Waals surface area (Å²) in [5.74, 6) is 1.57. The standard InChI is InChI=1S/C19H19N3O3/c1-24-15-7-8-16-17(9-15)22-14(11-25-12-18(22)21-16)10-20-19(23)13-5-3-2-4-6-13/h2-9,14H,10-12H2,1H3,(H,20,23). The molecule has 1 aromatic heterocycles. The van der Waals surface area contributed by atoms with E-state index in [0.717, 1.165) is 22.6 Å². The molecular formula is C19H19N3O3. The van der Waals surface area contributed by atoms with E-state index in [1.165, 1.54) is 0 Å². The Balaban J connectivity index is 1.59. The van der Waals surface area contributed by atoms with Crippen LogP contribution in [-0.2, 0) is 11.3 Å². The molecule has 3 aromatic rings. The topological polar surface area (TPSA) is 65.4 Å². The zero-order chi connectivity index (χ0) is 17.2. The molecule has 0 spiro atoms. The van der Waals surface area contributed by atoms with Crippen molar-refractivity contribution in [3.63, 3.8) is 0 Å². The van der Waals surface area contributed by atoms with Crippen molar-refractivity contribution < 1.29 is 14.3 Å². The van der Waals surface area contributed by atoms with Crippen molar-refractivity contribution in [2.75, 3.05) is 20.3 Å². The summed E-state index contributed by atoms with van der Waals surface area (Å²) in [6.45, 7) is 1.48. The van der Waals surface area contributed by atoms with Gasteiger partial charge in [-0.3, -0.25) is 4.79 Å². The molecule has 0 aliphatic carbocycles. The van der Waals surface area contributed by atoms with Crippen molar-refractivity contribution in [3.8, 4) is 5.75 Å². The minimum atomic E-state index is -0.0882. The van der Waals surface area contributed by atoms with Crippen LogP contribution in [0.2, 0.25) is 0 Å². The van der Waals surface area contributed by atoms with E-state index in [-0.39, 0.29) is 11.9 Å². The molecule has 0 saturated carbocycles. The fraction of sp³-hybridized carbons (Fsp3) is 0.263. The lowest BCUT2D eigenvalue weighted by Crippen LogP contribution is -2.35. The zero-order valence-electron chi connectivity index (χ0n) is 13.9. The third-order valence-electron chi connectivity index (χ3n) is 4.41. The Hall–Kier alpha value is -2.86. The molecule has 128 valence electrons. The van der Waals surface area contributed by atoms with Crippen LogP contribution >= 0.6 is 0 Å². The zero-order valence-corrected chi connectivity index (χ0v) is 13.9. The molecule has 4 rings (SSSR count). The highest BCUT2D eigenvalue weighted by Gasteiger charge is 2.24. The van der Waals surface area contributed by atoms with Crippen LogP contribution in [0.1, 0.15) is 22.2 Å². The van der Waals surface area contributed by atoms with Crippen molar-refractivity contribution in [3.05, 3.63) is 59.9 Å². The summed E-state index contributed by atoms with van der Waals surface area (Å²) in [5.41, 5.74) is 2.55. The predicted octanol–water partition coefficient (Wildman–Crippen LogP) is 2.55. The summed E-state index contributed by atoms with van der Waals surface area (Å²) in [4.78, 5) is 16.9. The quantitative estimate of drug-likeness (QED) is 0.795. The SMILES string of the molecule is COc1ccc2nc3n(c2c1)C(CNC(=O)c1ccccc1)COC3. The Morgan fingerprint density at radius 1 is 1.32 bits per heavy atom. The average Bonchev–Trinajstić information content (AvgIpc) is 3.05. The Bertz CT molecular complexity index is 905. The number of methoxy groups -OCH3 is 1. The van der Waals surface area contributed by atoms with Crippen molar-refractivity contribution in [2.45, 2.75) is 12.6 Å². The first kappa shape index (κ1) is 15.7. The van der Waals surface area contributed by atoms with Crippen molar-refractivity contribution in [1.82, 2.24) is 14.9 Å². The minimum absolute atomic E-state index is 0.00600. The molecule has 1 atom stereocenters. The van der Waals surface area contributed by atoms with Crippen LogP contribution in [0.15, 0.2) is 48.5 Å². The van der Waals surface area contributed by atoms with E-state index in [9.17, 15) is 4.79 Å². The van der Waals surface area contributed by atoms with Crippen LogP contribution in [0.3, 0.4) is 0 Å². The minimum Gasteiger partial charge on any atom is -0.497 e. The van der Waals surface area contributed by atoms with Gasteiger partial charge in [0.2, 0.25) is 0 Å². The lowest BCUT2D eigenvalue weighted by atomic mass is 10.2. The smallest absolute Gasteiger partial charge is 0.251 e. The lowest BCUT2D eigenvalue weighted by molar-refractivity contribution is 0.0553. The van der Waals surface area contributed by atoms with Gasteiger partial charge in [0.05, 0.1) is 30.8 Å². The number of hydrogen-bond donors (Lipinski definition) is 1. The Morgan fingerprint density at radius 2 is 2.16 bits per heavy atom. The summed E-state index contributed by atoms with van der Waals surface area (Å²) < 4.78 is 13.1. The predicted molar refractivity (Wildman–Crippen MR) is 93.8 cm³/mol. The highest BCUT2D eigenvalue weighted by Crippen LogP contribution is 2.28. The number of nitrogens with zero attached hydrogens (tertiary/aromatic N) is 2. The summed E-state index contributed by atoms with van der Waals surface area (Å²) in [6.07, 6.45) is 0. The van der Waals surface area contributed by atoms with Crippen LogP contribution in [0.5, 0.6) is 5.75 Å². The summed E-state index contributed by atoms with van der Waals surface area (Å²) in [5, 5.41) is 2.99. The highest BCUT2D eigenvalue weighted by atomic mass is 16.5. The maximum Gasteiger partial charge on any atom is 0.251 e. The molecule has 1 aliphatic rings. The number of carbonyl (C=O) groups is 1. The Morgan fingerprint density at radius 3 is 2.96 bits per heavy atom. The van der Waals surface area contributed by atoms with Gasteiger partial charge in [0, 0.05) is 18.2 Å². The number of aromatic nitrogens is 2. The molecule has 1 aliphatic heterocycles. The molecule has 0 radical (unpaired) electrons. The molecule has 25 heavy (non-hydrogen) atoms. The largest absolute Gasteiger partial charge is 0.497 e. The number of nitrogens with one attached hydrogen (secondary N) is 1. The Kier molecular flexibility index (Phi) is 4.11. The van der Waals surface area contributed by atoms with Crippen LogP contribution in [-0.4, -0.2) is 35.7 Å². The van der Waals surface area contributed by atoms with Gasteiger partial charge in [-0.25, -0.2) is 4.98 Å². The second-order valence-electron chi connectivity index (χ2n) is 6.00. The van der Waals surface area contributed by atoms with E-state index in [2.05, 4.69) is 14.9 Å². The normalized spacial score (nSPS) is 16.4. The number of benzene rings is 2. The summed E-state index contributed by atoms with van der Waals surface area (Å²) >= 11 is 0. The third-order valence-corrected chi connectivity index (χ3v) is 4.41. The number of rotatable bonds is 4. The van der Waals surface area contributed by atoms with Gasteiger partial charge < -0.3 is 19.4 Å². The van der Waals surface area contributed by atoms with E-state index in [1.54, 1.807) is 19.2 Å². The van der Waals surface area contributed by atoms with Gasteiger partial charge in [0.15, 0.2) is 0 Å². The first-order chi connectivity index (χ1) is 12.3. The molecule has 1 amide bonds. The van der Waals surface area contributed by atoms with Gasteiger partial charge in [-0.2, -0.15) is 0 Å². The molecule has 6 heteroatoms. The molecule has 1 unspecified atom stereocenters. The Labute approximate surface area is 145 Å². The van der Waals surface area contributed by atoms with Gasteiger partial charge in [-0.05, 0) is 24.3 Å². The molecule has 0 saturated heterocycles. The van der Waals surface area contributed by atoms with Crippen molar-refractivity contribution in [1.29, 1.82) is 0 Å². The maximum atomic E-state index is 12.3. The number of imidazole rings is 1. The second kappa shape index (κ2) is 6.57. The molecule has 6 nitrogen and oxygen atoms in total. The van der Waals surface area contributed by atoms with E-state index < -0.39 is 0 Å². The number of carbonyl (C=O) groups excluding carboxylic acids is 1. The van der Waals surface area contributed by atoms with Crippen LogP contribution in [0.25, 0.3) is 11.0 Å². The van der Waals surface area contributed by atoms with Crippen molar-refractivity contribution in [2.24, 2.45) is 0 Å². The van der Waals surface area contributed by atoms with E-state index >= 15 is 0 Å². The van der Waals surface area contributed by atoms with Gasteiger partial charge in [0.25, 0.3) is 5.91 Å². The van der Waals surface area contributed by atoms with Crippen molar-refractivity contribution >= 4 is 16.9 Å². The fourth-order valence-corrected chi connectivity index (χ4v) is 3.17. The van der Waals surface area contributed by atoms with Crippen LogP contribution < -0.4 is 10.1 Å². The lowest BCUT2D eigenvalue weighted by Gasteiger charge is -2.26. The molecule has 2 aromatic carbocycles. The number of amides is 1. The highest BCUT2D eigenvalue weighted by molar-refractivity contribution is 5.94. The van der Waals surface area contributed by atoms with Crippen LogP contribution in [0.4, 0.5) is 0 Å². The number of ether oxygens (including phenoxy) is 2. The van der Waals surface area contributed by atoms with Gasteiger partial charge in [-0.1, -0.05) is 18.2 Å². The monoisotopic (exact) mass is 337 g/mol. The first-order valence-electron chi connectivity index (χ1n) is 8.22. The molecule has 1 N–H and O–H groups in total. The van der Waals surface area contributed by atoms with E-state index in [0.29, 0.717) is 25.3 Å². The first-order valence-corrected chi connectivity index (χ1v) is 8.22. The van der Waals surface area contributed by atoms with Gasteiger partial charge >= 0.3 is 0 Å². The third kappa shape index (κ3) is 2.96. The number of hydrogen-bond acceptors (Lipinski definition) is 4. The number of fused-ring (bicyclic) bond motifs is 3. The summed E-state index contributed by atoms with van der Waals surface area (Å²) in [7, 11) is 1.65. The fourth-order valence-electron chi connectivity index (χ4n) is 3.17. The average molecular weight is 337 g/mol. The van der Waals surface area contributed by atoms with Gasteiger partial charge in [0.1, 0.15) is 18.2 Å². The van der Waals surface area contributed by atoms with Gasteiger partial charge in [-0.15, -0.1) is 0 Å². The maximum absolute atomic E-state index is 12.3.